The lowest BCUT2D eigenvalue weighted by molar-refractivity contribution is 0.282. The summed E-state index contributed by atoms with van der Waals surface area (Å²) < 4.78 is 0. The Morgan fingerprint density at radius 1 is 0.875 bits per heavy atom. The zero-order chi connectivity index (χ0) is 11.5. The zero-order valence-electron chi connectivity index (χ0n) is 10.2. The van der Waals surface area contributed by atoms with Crippen LogP contribution >= 0.6 is 11.3 Å². The molecule has 1 rings (SSSR count). The molecule has 1 nitrogen and oxygen atoms in total. The maximum absolute atomic E-state index is 8.63. The van der Waals surface area contributed by atoms with Gasteiger partial charge in [-0.1, -0.05) is 38.5 Å². The third kappa shape index (κ3) is 7.02. The molecule has 0 saturated carbocycles. The van der Waals surface area contributed by atoms with Gasteiger partial charge < -0.3 is 5.11 Å². The van der Waals surface area contributed by atoms with Gasteiger partial charge in [-0.15, -0.1) is 0 Å². The highest BCUT2D eigenvalue weighted by Gasteiger charge is 1.94. The van der Waals surface area contributed by atoms with Crippen molar-refractivity contribution in [3.05, 3.63) is 22.4 Å². The van der Waals surface area contributed by atoms with Crippen molar-refractivity contribution in [2.75, 3.05) is 6.61 Å². The molecule has 0 aliphatic carbocycles. The number of unbranched alkanes of at least 4 members (excludes halogenated alkanes) is 7. The molecule has 0 unspecified atom stereocenters. The van der Waals surface area contributed by atoms with Crippen molar-refractivity contribution in [2.24, 2.45) is 0 Å². The Bertz CT molecular complexity index is 231. The van der Waals surface area contributed by atoms with E-state index in [0.717, 1.165) is 6.42 Å². The molecule has 1 aromatic rings. The van der Waals surface area contributed by atoms with Gasteiger partial charge in [0.05, 0.1) is 0 Å². The minimum Gasteiger partial charge on any atom is -0.396 e. The van der Waals surface area contributed by atoms with E-state index < -0.39 is 0 Å². The van der Waals surface area contributed by atoms with Crippen molar-refractivity contribution in [2.45, 2.75) is 57.8 Å². The second-order valence-electron chi connectivity index (χ2n) is 4.43. The number of hydrogen-bond donors (Lipinski definition) is 1. The molecule has 0 spiro atoms. The first-order chi connectivity index (χ1) is 7.93. The summed E-state index contributed by atoms with van der Waals surface area (Å²) in [6.45, 7) is 0.362. The number of aliphatic hydroxyl groups is 1. The minimum atomic E-state index is 0.362. The summed E-state index contributed by atoms with van der Waals surface area (Å²) >= 11 is 1.80. The third-order valence-electron chi connectivity index (χ3n) is 2.95. The van der Waals surface area contributed by atoms with E-state index in [1.807, 2.05) is 0 Å². The van der Waals surface area contributed by atoms with E-state index in [4.69, 9.17) is 5.11 Å². The molecule has 1 N–H and O–H groups in total. The Balaban J connectivity index is 1.78. The van der Waals surface area contributed by atoms with Crippen molar-refractivity contribution >= 4 is 11.3 Å². The average molecular weight is 240 g/mol. The topological polar surface area (TPSA) is 20.2 Å². The normalized spacial score (nSPS) is 10.8. The predicted molar refractivity (Wildman–Crippen MR) is 72.0 cm³/mol. The molecule has 0 amide bonds. The quantitative estimate of drug-likeness (QED) is 0.601. The van der Waals surface area contributed by atoms with Crippen LogP contribution in [0.15, 0.2) is 16.8 Å². The van der Waals surface area contributed by atoms with Crippen molar-refractivity contribution in [1.82, 2.24) is 0 Å². The van der Waals surface area contributed by atoms with Gasteiger partial charge in [0.15, 0.2) is 0 Å². The largest absolute Gasteiger partial charge is 0.396 e. The fourth-order valence-corrected chi connectivity index (χ4v) is 2.64. The number of thiophene rings is 1. The number of hydrogen-bond acceptors (Lipinski definition) is 2. The van der Waals surface area contributed by atoms with Crippen LogP contribution in [0.25, 0.3) is 0 Å². The molecule has 16 heavy (non-hydrogen) atoms. The lowest BCUT2D eigenvalue weighted by Crippen LogP contribution is -1.85. The van der Waals surface area contributed by atoms with E-state index in [1.54, 1.807) is 11.3 Å². The van der Waals surface area contributed by atoms with Gasteiger partial charge in [-0.2, -0.15) is 11.3 Å². The van der Waals surface area contributed by atoms with Gasteiger partial charge in [0.2, 0.25) is 0 Å². The summed E-state index contributed by atoms with van der Waals surface area (Å²) in [7, 11) is 0. The maximum atomic E-state index is 8.63. The molecule has 1 aromatic heterocycles. The number of rotatable bonds is 10. The number of aliphatic hydroxyl groups excluding tert-OH is 1. The van der Waals surface area contributed by atoms with Crippen molar-refractivity contribution in [3.63, 3.8) is 0 Å². The molecular weight excluding hydrogens is 216 g/mol. The van der Waals surface area contributed by atoms with E-state index in [9.17, 15) is 0 Å². The smallest absolute Gasteiger partial charge is 0.0431 e. The summed E-state index contributed by atoms with van der Waals surface area (Å²) in [6.07, 6.45) is 11.5. The lowest BCUT2D eigenvalue weighted by atomic mass is 10.1. The average Bonchev–Trinajstić information content (AvgIpc) is 2.80. The number of aryl methyl sites for hydroxylation is 1. The van der Waals surface area contributed by atoms with Crippen LogP contribution in [0.1, 0.15) is 56.9 Å². The lowest BCUT2D eigenvalue weighted by Gasteiger charge is -2.01. The molecule has 92 valence electrons. The molecule has 0 aromatic carbocycles. The predicted octanol–water partition coefficient (Wildman–Crippen LogP) is 4.40. The second kappa shape index (κ2) is 9.86. The van der Waals surface area contributed by atoms with Crippen molar-refractivity contribution < 1.29 is 5.11 Å². The summed E-state index contributed by atoms with van der Waals surface area (Å²) in [6, 6.07) is 2.24. The Morgan fingerprint density at radius 3 is 2.06 bits per heavy atom. The van der Waals surface area contributed by atoms with Gasteiger partial charge >= 0.3 is 0 Å². The van der Waals surface area contributed by atoms with Gasteiger partial charge in [-0.3, -0.25) is 0 Å². The van der Waals surface area contributed by atoms with Crippen molar-refractivity contribution in [3.8, 4) is 0 Å². The van der Waals surface area contributed by atoms with Gasteiger partial charge in [0.25, 0.3) is 0 Å². The first-order valence-corrected chi connectivity index (χ1v) is 7.49. The zero-order valence-corrected chi connectivity index (χ0v) is 11.0. The summed E-state index contributed by atoms with van der Waals surface area (Å²) in [5.41, 5.74) is 1.51. The Hall–Kier alpha value is -0.340. The van der Waals surface area contributed by atoms with Gasteiger partial charge in [0.1, 0.15) is 0 Å². The van der Waals surface area contributed by atoms with Crippen LogP contribution in [0.5, 0.6) is 0 Å². The molecule has 0 fully saturated rings. The third-order valence-corrected chi connectivity index (χ3v) is 3.69. The van der Waals surface area contributed by atoms with Crippen LogP contribution in [0.4, 0.5) is 0 Å². The first kappa shape index (κ1) is 13.7. The highest BCUT2D eigenvalue weighted by Crippen LogP contribution is 2.13. The van der Waals surface area contributed by atoms with Gasteiger partial charge in [0, 0.05) is 6.61 Å². The van der Waals surface area contributed by atoms with E-state index in [1.165, 1.54) is 56.9 Å². The highest BCUT2D eigenvalue weighted by atomic mass is 32.1. The molecule has 0 saturated heterocycles. The van der Waals surface area contributed by atoms with Gasteiger partial charge in [-0.25, -0.2) is 0 Å². The Labute approximate surface area is 104 Å². The highest BCUT2D eigenvalue weighted by molar-refractivity contribution is 7.07. The Morgan fingerprint density at radius 2 is 1.50 bits per heavy atom. The van der Waals surface area contributed by atoms with E-state index in [-0.39, 0.29) is 0 Å². The van der Waals surface area contributed by atoms with Crippen LogP contribution < -0.4 is 0 Å². The molecule has 0 aliphatic heterocycles. The molecule has 0 atom stereocenters. The molecule has 1 heterocycles. The Kier molecular flexibility index (Phi) is 8.45. The molecular formula is C14H24OS. The molecule has 2 heteroatoms. The standard InChI is InChI=1S/C14H24OS/c15-11-8-6-4-2-1-3-5-7-9-14-10-12-16-13-14/h10,12-13,15H,1-9,11H2. The summed E-state index contributed by atoms with van der Waals surface area (Å²) in [4.78, 5) is 0. The van der Waals surface area contributed by atoms with Gasteiger partial charge in [-0.05, 0) is 41.7 Å². The fraction of sp³-hybridized carbons (Fsp3) is 0.714. The van der Waals surface area contributed by atoms with Crippen LogP contribution in [-0.2, 0) is 6.42 Å². The van der Waals surface area contributed by atoms with Crippen LogP contribution in [0, 0.1) is 0 Å². The van der Waals surface area contributed by atoms with Crippen LogP contribution in [0.2, 0.25) is 0 Å². The molecule has 0 bridgehead atoms. The SMILES string of the molecule is OCCCCCCCCCCc1ccsc1. The van der Waals surface area contributed by atoms with E-state index >= 15 is 0 Å². The maximum Gasteiger partial charge on any atom is 0.0431 e. The molecule has 0 radical (unpaired) electrons. The minimum absolute atomic E-state index is 0.362. The van der Waals surface area contributed by atoms with E-state index in [0.29, 0.717) is 6.61 Å². The molecule has 0 aliphatic rings. The monoisotopic (exact) mass is 240 g/mol. The summed E-state index contributed by atoms with van der Waals surface area (Å²) in [5.74, 6) is 0. The summed E-state index contributed by atoms with van der Waals surface area (Å²) in [5, 5.41) is 13.1. The first-order valence-electron chi connectivity index (χ1n) is 6.55. The van der Waals surface area contributed by atoms with Crippen LogP contribution in [-0.4, -0.2) is 11.7 Å². The van der Waals surface area contributed by atoms with Crippen LogP contribution in [0.3, 0.4) is 0 Å². The van der Waals surface area contributed by atoms with E-state index in [2.05, 4.69) is 16.8 Å². The van der Waals surface area contributed by atoms with Crippen molar-refractivity contribution in [1.29, 1.82) is 0 Å². The fourth-order valence-electron chi connectivity index (χ4n) is 1.94. The second-order valence-corrected chi connectivity index (χ2v) is 5.21.